The Hall–Kier alpha value is -1.20. The molecular weight excluding hydrogens is 260 g/mol. The molecule has 0 unspecified atom stereocenters. The minimum Gasteiger partial charge on any atom is -0.383 e. The Morgan fingerprint density at radius 1 is 1.53 bits per heavy atom. The average molecular weight is 280 g/mol. The first-order valence-electron chi connectivity index (χ1n) is 6.47. The molecule has 0 saturated carbocycles. The number of thioether (sulfide) groups is 1. The fourth-order valence-electron chi connectivity index (χ4n) is 2.15. The minimum absolute atomic E-state index is 0.0472. The summed E-state index contributed by atoms with van der Waals surface area (Å²) in [5.74, 6) is 0.0472. The summed E-state index contributed by atoms with van der Waals surface area (Å²) in [6.45, 7) is 4.62. The van der Waals surface area contributed by atoms with Crippen molar-refractivity contribution in [2.45, 2.75) is 17.1 Å². The van der Waals surface area contributed by atoms with Crippen LogP contribution in [0.15, 0.2) is 29.2 Å². The summed E-state index contributed by atoms with van der Waals surface area (Å²) in [5, 5.41) is 3.37. The second-order valence-corrected chi connectivity index (χ2v) is 6.10. The molecule has 0 radical (unpaired) electrons. The second kappa shape index (κ2) is 6.82. The number of amides is 1. The lowest BCUT2D eigenvalue weighted by molar-refractivity contribution is -0.119. The van der Waals surface area contributed by atoms with Crippen LogP contribution in [0.4, 0.5) is 5.69 Å². The fourth-order valence-corrected chi connectivity index (χ4v) is 3.32. The van der Waals surface area contributed by atoms with Crippen LogP contribution in [0.25, 0.3) is 0 Å². The van der Waals surface area contributed by atoms with E-state index in [1.165, 1.54) is 4.90 Å². The molecule has 1 heterocycles. The Labute approximate surface area is 118 Å². The Morgan fingerprint density at radius 3 is 3.11 bits per heavy atom. The van der Waals surface area contributed by atoms with Crippen LogP contribution < -0.4 is 10.2 Å². The van der Waals surface area contributed by atoms with E-state index in [-0.39, 0.29) is 5.91 Å². The van der Waals surface area contributed by atoms with Crippen LogP contribution in [-0.2, 0) is 9.53 Å². The van der Waals surface area contributed by atoms with Crippen LogP contribution in [0.1, 0.15) is 6.92 Å². The normalized spacial score (nSPS) is 18.0. The molecule has 0 bridgehead atoms. The van der Waals surface area contributed by atoms with Crippen LogP contribution >= 0.6 is 11.8 Å². The summed E-state index contributed by atoms with van der Waals surface area (Å²) in [7, 11) is 1.63. The number of benzene rings is 1. The lowest BCUT2D eigenvalue weighted by Gasteiger charge is -2.33. The van der Waals surface area contributed by atoms with Gasteiger partial charge >= 0.3 is 0 Å². The van der Waals surface area contributed by atoms with Crippen molar-refractivity contribution in [3.05, 3.63) is 24.3 Å². The maximum atomic E-state index is 11.9. The topological polar surface area (TPSA) is 41.6 Å². The van der Waals surface area contributed by atoms with Crippen molar-refractivity contribution in [3.63, 3.8) is 0 Å². The lowest BCUT2D eigenvalue weighted by Crippen LogP contribution is -2.42. The minimum atomic E-state index is 0.0472. The van der Waals surface area contributed by atoms with Crippen LogP contribution in [-0.4, -0.2) is 44.5 Å². The highest BCUT2D eigenvalue weighted by molar-refractivity contribution is 8.00. The molecule has 1 amide bonds. The van der Waals surface area contributed by atoms with Crippen LogP contribution in [0.5, 0.6) is 0 Å². The van der Waals surface area contributed by atoms with Gasteiger partial charge in [-0.3, -0.25) is 4.79 Å². The lowest BCUT2D eigenvalue weighted by atomic mass is 10.2. The molecule has 19 heavy (non-hydrogen) atoms. The van der Waals surface area contributed by atoms with Gasteiger partial charge < -0.3 is 15.0 Å². The van der Waals surface area contributed by atoms with Gasteiger partial charge in [0, 0.05) is 30.3 Å². The van der Waals surface area contributed by atoms with E-state index in [1.54, 1.807) is 7.11 Å². The molecular formula is C14H20N2O2S. The van der Waals surface area contributed by atoms with Crippen LogP contribution in [0.2, 0.25) is 0 Å². The number of nitrogens with zero attached hydrogens (tertiary/aromatic N) is 1. The molecule has 2 rings (SSSR count). The third-order valence-corrected chi connectivity index (χ3v) is 4.13. The molecule has 0 spiro atoms. The molecule has 1 aliphatic heterocycles. The Morgan fingerprint density at radius 2 is 2.32 bits per heavy atom. The van der Waals surface area contributed by atoms with Crippen molar-refractivity contribution >= 4 is 23.4 Å². The van der Waals surface area contributed by atoms with Gasteiger partial charge in [0.2, 0.25) is 5.91 Å². The van der Waals surface area contributed by atoms with E-state index in [0.29, 0.717) is 24.9 Å². The van der Waals surface area contributed by atoms with E-state index in [9.17, 15) is 4.79 Å². The fraction of sp³-hybridized carbons (Fsp3) is 0.500. The Kier molecular flexibility index (Phi) is 5.10. The molecule has 104 valence electrons. The molecule has 0 aliphatic carbocycles. The zero-order valence-electron chi connectivity index (χ0n) is 11.4. The number of methoxy groups -OCH3 is 1. The number of hydrogen-bond acceptors (Lipinski definition) is 4. The third kappa shape index (κ3) is 3.88. The maximum absolute atomic E-state index is 11.9. The van der Waals surface area contributed by atoms with E-state index in [0.717, 1.165) is 12.2 Å². The van der Waals surface area contributed by atoms with Gasteiger partial charge in [0.15, 0.2) is 0 Å². The number of fused-ring (bicyclic) bond motifs is 1. The molecule has 0 saturated heterocycles. The molecule has 1 aliphatic rings. The van der Waals surface area contributed by atoms with E-state index in [1.807, 2.05) is 23.9 Å². The van der Waals surface area contributed by atoms with Gasteiger partial charge in [-0.1, -0.05) is 19.1 Å². The van der Waals surface area contributed by atoms with Gasteiger partial charge in [0.1, 0.15) is 0 Å². The molecule has 0 aromatic heterocycles. The molecule has 1 atom stereocenters. The number of anilines is 1. The first kappa shape index (κ1) is 14.2. The van der Waals surface area contributed by atoms with Gasteiger partial charge in [0.25, 0.3) is 0 Å². The van der Waals surface area contributed by atoms with E-state index in [2.05, 4.69) is 29.3 Å². The Bertz CT molecular complexity index is 439. The van der Waals surface area contributed by atoms with Crippen molar-refractivity contribution in [2.24, 2.45) is 0 Å². The van der Waals surface area contributed by atoms with E-state index < -0.39 is 0 Å². The largest absolute Gasteiger partial charge is 0.383 e. The van der Waals surface area contributed by atoms with Crippen LogP contribution in [0, 0.1) is 0 Å². The summed E-state index contributed by atoms with van der Waals surface area (Å²) in [5.41, 5.74) is 1.16. The van der Waals surface area contributed by atoms with Crippen molar-refractivity contribution in [1.29, 1.82) is 0 Å². The average Bonchev–Trinajstić information content (AvgIpc) is 2.39. The molecule has 1 aromatic rings. The van der Waals surface area contributed by atoms with Gasteiger partial charge in [-0.05, 0) is 12.1 Å². The zero-order chi connectivity index (χ0) is 13.7. The standard InChI is InChI=1S/C14H20N2O2S/c1-11-9-16(10-14(17)15-7-8-18-2)12-5-3-4-6-13(12)19-11/h3-6,11H,7-10H2,1-2H3,(H,15,17)/t11-/m0/s1. The highest BCUT2D eigenvalue weighted by Gasteiger charge is 2.23. The predicted molar refractivity (Wildman–Crippen MR) is 78.9 cm³/mol. The van der Waals surface area contributed by atoms with Crippen molar-refractivity contribution < 1.29 is 9.53 Å². The third-order valence-electron chi connectivity index (χ3n) is 2.97. The highest BCUT2D eigenvalue weighted by Crippen LogP contribution is 2.37. The Balaban J connectivity index is 1.98. The van der Waals surface area contributed by atoms with Gasteiger partial charge in [-0.25, -0.2) is 0 Å². The quantitative estimate of drug-likeness (QED) is 0.834. The summed E-state index contributed by atoms with van der Waals surface area (Å²) < 4.78 is 4.92. The van der Waals surface area contributed by atoms with E-state index in [4.69, 9.17) is 4.74 Å². The van der Waals surface area contributed by atoms with Gasteiger partial charge in [0.05, 0.1) is 18.8 Å². The van der Waals surface area contributed by atoms with Gasteiger partial charge in [-0.2, -0.15) is 0 Å². The van der Waals surface area contributed by atoms with Crippen LogP contribution in [0.3, 0.4) is 0 Å². The van der Waals surface area contributed by atoms with Crippen molar-refractivity contribution in [3.8, 4) is 0 Å². The number of hydrogen-bond donors (Lipinski definition) is 1. The summed E-state index contributed by atoms with van der Waals surface area (Å²) >= 11 is 1.87. The number of carbonyl (C=O) groups excluding carboxylic acids is 1. The number of nitrogens with one attached hydrogen (secondary N) is 1. The predicted octanol–water partition coefficient (Wildman–Crippen LogP) is 1.75. The first-order chi connectivity index (χ1) is 9.20. The van der Waals surface area contributed by atoms with Crippen molar-refractivity contribution in [1.82, 2.24) is 5.32 Å². The summed E-state index contributed by atoms with van der Waals surface area (Å²) in [6, 6.07) is 8.26. The summed E-state index contributed by atoms with van der Waals surface area (Å²) in [4.78, 5) is 15.3. The number of para-hydroxylation sites is 1. The number of rotatable bonds is 5. The molecule has 5 heteroatoms. The zero-order valence-corrected chi connectivity index (χ0v) is 12.2. The van der Waals surface area contributed by atoms with Crippen molar-refractivity contribution in [2.75, 3.05) is 38.3 Å². The first-order valence-corrected chi connectivity index (χ1v) is 7.35. The SMILES string of the molecule is COCCNC(=O)CN1C[C@H](C)Sc2ccccc21. The smallest absolute Gasteiger partial charge is 0.239 e. The second-order valence-electron chi connectivity index (χ2n) is 4.62. The van der Waals surface area contributed by atoms with E-state index >= 15 is 0 Å². The summed E-state index contributed by atoms with van der Waals surface area (Å²) in [6.07, 6.45) is 0. The number of carbonyl (C=O) groups is 1. The van der Waals surface area contributed by atoms with Gasteiger partial charge in [-0.15, -0.1) is 11.8 Å². The highest BCUT2D eigenvalue weighted by atomic mass is 32.2. The molecule has 1 N–H and O–H groups in total. The molecule has 4 nitrogen and oxygen atoms in total. The number of ether oxygens (including phenoxy) is 1. The maximum Gasteiger partial charge on any atom is 0.239 e. The monoisotopic (exact) mass is 280 g/mol. The molecule has 1 aromatic carbocycles. The molecule has 0 fully saturated rings.